The van der Waals surface area contributed by atoms with Crippen molar-refractivity contribution in [3.63, 3.8) is 0 Å². The molecule has 8 heteroatoms. The zero-order valence-corrected chi connectivity index (χ0v) is 20.2. The van der Waals surface area contributed by atoms with Crippen LogP contribution >= 0.6 is 0 Å². The van der Waals surface area contributed by atoms with E-state index in [0.717, 1.165) is 30.6 Å². The molecule has 1 atom stereocenters. The number of nitrogens with one attached hydrogen (secondary N) is 1. The fourth-order valence-electron chi connectivity index (χ4n) is 3.68. The van der Waals surface area contributed by atoms with E-state index in [1.165, 1.54) is 0 Å². The summed E-state index contributed by atoms with van der Waals surface area (Å²) in [6.07, 6.45) is 4.56. The van der Waals surface area contributed by atoms with Crippen molar-refractivity contribution in [1.82, 2.24) is 9.21 Å². The maximum absolute atomic E-state index is 12.8. The predicted molar refractivity (Wildman–Crippen MR) is 131 cm³/mol. The monoisotopic (exact) mass is 471 g/mol. The molecule has 1 fully saturated rings. The largest absolute Gasteiger partial charge is 0.490 e. The highest BCUT2D eigenvalue weighted by molar-refractivity contribution is 7.89. The normalized spacial score (nSPS) is 15.7. The average Bonchev–Trinajstić information content (AvgIpc) is 2.84. The number of sulfonamides is 1. The molecule has 3 rings (SSSR count). The van der Waals surface area contributed by atoms with Crippen molar-refractivity contribution in [2.45, 2.75) is 43.7 Å². The van der Waals surface area contributed by atoms with E-state index in [1.54, 1.807) is 34.6 Å². The Kier molecular flexibility index (Phi) is 8.66. The summed E-state index contributed by atoms with van der Waals surface area (Å²) in [5, 5.41) is 2.88. The van der Waals surface area contributed by atoms with Crippen LogP contribution in [0.2, 0.25) is 0 Å². The second kappa shape index (κ2) is 11.4. The maximum Gasteiger partial charge on any atom is 0.243 e. The molecule has 33 heavy (non-hydrogen) atoms. The van der Waals surface area contributed by atoms with E-state index in [4.69, 9.17) is 4.74 Å². The van der Waals surface area contributed by atoms with E-state index in [2.05, 4.69) is 11.9 Å². The summed E-state index contributed by atoms with van der Waals surface area (Å²) in [5.74, 6) is 0.618. The lowest BCUT2D eigenvalue weighted by molar-refractivity contribution is -0.120. The molecule has 1 aliphatic heterocycles. The third-order valence-electron chi connectivity index (χ3n) is 5.84. The fraction of sp³-hybridized carbons (Fsp3) is 0.400. The molecule has 178 valence electrons. The number of nitrogens with zero attached hydrogens (tertiary/aromatic N) is 2. The molecule has 0 radical (unpaired) electrons. The van der Waals surface area contributed by atoms with Gasteiger partial charge >= 0.3 is 0 Å². The topological polar surface area (TPSA) is 79.0 Å². The molecule has 0 unspecified atom stereocenters. The summed E-state index contributed by atoms with van der Waals surface area (Å²) >= 11 is 0. The first-order valence-corrected chi connectivity index (χ1v) is 12.7. The first kappa shape index (κ1) is 25.0. The lowest BCUT2D eigenvalue weighted by Gasteiger charge is -2.26. The molecule has 1 amide bonds. The number of anilines is 1. The van der Waals surface area contributed by atoms with Crippen molar-refractivity contribution in [3.8, 4) is 5.75 Å². The molecule has 1 N–H and O–H groups in total. The van der Waals surface area contributed by atoms with Crippen molar-refractivity contribution in [2.75, 3.05) is 32.1 Å². The van der Waals surface area contributed by atoms with Gasteiger partial charge in [0.2, 0.25) is 15.9 Å². The van der Waals surface area contributed by atoms with E-state index in [9.17, 15) is 13.2 Å². The minimum Gasteiger partial charge on any atom is -0.490 e. The fourth-order valence-corrected chi connectivity index (χ4v) is 5.20. The lowest BCUT2D eigenvalue weighted by Crippen LogP contribution is -2.39. The van der Waals surface area contributed by atoms with Crippen molar-refractivity contribution < 1.29 is 17.9 Å². The summed E-state index contributed by atoms with van der Waals surface area (Å²) in [6.45, 7) is 7.66. The quantitative estimate of drug-likeness (QED) is 0.532. The molecule has 0 aromatic heterocycles. The highest BCUT2D eigenvalue weighted by Gasteiger charge is 2.26. The molecule has 1 heterocycles. The first-order valence-electron chi connectivity index (χ1n) is 11.2. The molecule has 7 nitrogen and oxygen atoms in total. The minimum absolute atomic E-state index is 0.157. The molecular weight excluding hydrogens is 438 g/mol. The molecular formula is C25H33N3O4S. The van der Waals surface area contributed by atoms with Crippen LogP contribution in [0.5, 0.6) is 5.75 Å². The van der Waals surface area contributed by atoms with Crippen LogP contribution in [0.1, 0.15) is 31.7 Å². The van der Waals surface area contributed by atoms with Gasteiger partial charge in [0.15, 0.2) is 0 Å². The number of benzene rings is 2. The summed E-state index contributed by atoms with van der Waals surface area (Å²) in [4.78, 5) is 14.9. The van der Waals surface area contributed by atoms with Crippen LogP contribution < -0.4 is 10.1 Å². The van der Waals surface area contributed by atoms with Crippen LogP contribution in [0.3, 0.4) is 0 Å². The number of ether oxygens (including phenoxy) is 1. The van der Waals surface area contributed by atoms with Gasteiger partial charge in [-0.3, -0.25) is 9.69 Å². The van der Waals surface area contributed by atoms with Crippen LogP contribution in [0.15, 0.2) is 66.1 Å². The summed E-state index contributed by atoms with van der Waals surface area (Å²) in [5.41, 5.74) is 1.64. The number of carbonyl (C=O) groups excluding carboxylic acids is 1. The van der Waals surface area contributed by atoms with Crippen molar-refractivity contribution >= 4 is 21.6 Å². The molecule has 0 bridgehead atoms. The van der Waals surface area contributed by atoms with Crippen LogP contribution in [0.4, 0.5) is 5.69 Å². The van der Waals surface area contributed by atoms with Gasteiger partial charge in [0.05, 0.1) is 10.9 Å². The number of piperidine rings is 1. The maximum atomic E-state index is 12.8. The molecule has 1 aliphatic rings. The molecule has 0 spiro atoms. The smallest absolute Gasteiger partial charge is 0.243 e. The van der Waals surface area contributed by atoms with Gasteiger partial charge in [-0.2, -0.15) is 4.31 Å². The average molecular weight is 472 g/mol. The third kappa shape index (κ3) is 6.66. The van der Waals surface area contributed by atoms with Crippen LogP contribution in [0, 0.1) is 0 Å². The van der Waals surface area contributed by atoms with Crippen molar-refractivity contribution in [2.24, 2.45) is 0 Å². The minimum atomic E-state index is -3.48. The van der Waals surface area contributed by atoms with E-state index < -0.39 is 10.0 Å². The number of carbonyl (C=O) groups is 1. The highest BCUT2D eigenvalue weighted by Crippen LogP contribution is 2.22. The number of rotatable bonds is 10. The van der Waals surface area contributed by atoms with E-state index in [0.29, 0.717) is 31.9 Å². The van der Waals surface area contributed by atoms with E-state index in [1.807, 2.05) is 43.1 Å². The molecule has 0 aliphatic carbocycles. The zero-order valence-electron chi connectivity index (χ0n) is 19.4. The predicted octanol–water partition coefficient (Wildman–Crippen LogP) is 3.89. The van der Waals surface area contributed by atoms with Crippen LogP contribution in [-0.4, -0.2) is 56.3 Å². The Morgan fingerprint density at radius 3 is 2.36 bits per heavy atom. The Balaban J connectivity index is 1.55. The number of hydrogen-bond donors (Lipinski definition) is 1. The second-order valence-corrected chi connectivity index (χ2v) is 10.3. The summed E-state index contributed by atoms with van der Waals surface area (Å²) < 4.78 is 32.6. The Morgan fingerprint density at radius 2 is 1.76 bits per heavy atom. The number of amides is 1. The van der Waals surface area contributed by atoms with Gasteiger partial charge in [-0.15, -0.1) is 0 Å². The molecule has 0 saturated carbocycles. The van der Waals surface area contributed by atoms with E-state index >= 15 is 0 Å². The number of likely N-dealkylation sites (N-methyl/N-ethyl adjacent to an activating group) is 1. The Labute approximate surface area is 197 Å². The molecule has 2 aromatic carbocycles. The highest BCUT2D eigenvalue weighted by atomic mass is 32.2. The Morgan fingerprint density at radius 1 is 1.12 bits per heavy atom. The van der Waals surface area contributed by atoms with Gasteiger partial charge in [0, 0.05) is 25.3 Å². The van der Waals surface area contributed by atoms with Crippen LogP contribution in [-0.2, 0) is 21.4 Å². The summed E-state index contributed by atoms with van der Waals surface area (Å²) in [6, 6.07) is 13.8. The van der Waals surface area contributed by atoms with Gasteiger partial charge in [0.1, 0.15) is 12.4 Å². The van der Waals surface area contributed by atoms with Gasteiger partial charge in [-0.05, 0) is 68.8 Å². The van der Waals surface area contributed by atoms with Gasteiger partial charge in [0.25, 0.3) is 0 Å². The standard InChI is InChI=1S/C25H33N3O4S/c1-4-18-32-23-12-8-21(9-13-23)19-27(3)20(2)25(29)26-22-10-14-24(15-11-22)33(30,31)28-16-6-5-7-17-28/h4,8-15,20H,1,5-7,16-19H2,2-3H3,(H,26,29)/t20-/m1/s1. The molecule has 2 aromatic rings. The van der Waals surface area contributed by atoms with Crippen molar-refractivity contribution in [1.29, 1.82) is 0 Å². The van der Waals surface area contributed by atoms with Gasteiger partial charge in [-0.1, -0.05) is 31.2 Å². The molecule has 1 saturated heterocycles. The third-order valence-corrected chi connectivity index (χ3v) is 7.75. The van der Waals surface area contributed by atoms with Crippen LogP contribution in [0.25, 0.3) is 0 Å². The Hall–Kier alpha value is -2.68. The Bertz CT molecular complexity index is 1030. The zero-order chi connectivity index (χ0) is 23.8. The van der Waals surface area contributed by atoms with Crippen molar-refractivity contribution in [3.05, 3.63) is 66.7 Å². The SMILES string of the molecule is C=CCOc1ccc(CN(C)[C@H](C)C(=O)Nc2ccc(S(=O)(=O)N3CCCCC3)cc2)cc1. The van der Waals surface area contributed by atoms with E-state index in [-0.39, 0.29) is 16.8 Å². The first-order chi connectivity index (χ1) is 15.8. The second-order valence-electron chi connectivity index (χ2n) is 8.31. The van der Waals surface area contributed by atoms with Gasteiger partial charge in [-0.25, -0.2) is 8.42 Å². The lowest BCUT2D eigenvalue weighted by atomic mass is 10.1. The summed E-state index contributed by atoms with van der Waals surface area (Å²) in [7, 11) is -1.59. The number of hydrogen-bond acceptors (Lipinski definition) is 5. The van der Waals surface area contributed by atoms with Gasteiger partial charge < -0.3 is 10.1 Å².